The number of aliphatic imine (C=N–C) groups is 1. The van der Waals surface area contributed by atoms with Gasteiger partial charge >= 0.3 is 0 Å². The van der Waals surface area contributed by atoms with Gasteiger partial charge in [0, 0.05) is 17.7 Å². The molecule has 0 amide bonds. The van der Waals surface area contributed by atoms with E-state index in [0.717, 1.165) is 12.6 Å². The van der Waals surface area contributed by atoms with Gasteiger partial charge in [0.25, 0.3) is 6.92 Å². The van der Waals surface area contributed by atoms with Crippen LogP contribution in [0, 0.1) is 5.92 Å². The van der Waals surface area contributed by atoms with Crippen LogP contribution >= 0.6 is 0 Å². The molecule has 0 aliphatic heterocycles. The van der Waals surface area contributed by atoms with Crippen molar-refractivity contribution in [1.82, 2.24) is 0 Å². The molecule has 166 valence electrons. The highest BCUT2D eigenvalue weighted by molar-refractivity contribution is 6.51. The predicted octanol–water partition coefficient (Wildman–Crippen LogP) is 8.30. The average Bonchev–Trinajstić information content (AvgIpc) is 2.80. The summed E-state index contributed by atoms with van der Waals surface area (Å²) in [6.45, 7) is 4.86. The molecule has 1 aromatic rings. The lowest BCUT2D eigenvalue weighted by Gasteiger charge is -2.33. The molecule has 0 N–H and O–H groups in total. The van der Waals surface area contributed by atoms with Crippen molar-refractivity contribution in [2.24, 2.45) is 10.9 Å². The monoisotopic (exact) mass is 409 g/mol. The van der Waals surface area contributed by atoms with Gasteiger partial charge in [-0.1, -0.05) is 108 Å². The summed E-state index contributed by atoms with van der Waals surface area (Å²) >= 11 is 0. The molecule has 2 fully saturated rings. The molecule has 0 aromatic heterocycles. The zero-order valence-electron chi connectivity index (χ0n) is 19.7. The van der Waals surface area contributed by atoms with Crippen LogP contribution in [-0.2, 0) is 4.65 Å². The third-order valence-electron chi connectivity index (χ3n) is 7.29. The number of hydrogen-bond donors (Lipinski definition) is 0. The Bertz CT molecular complexity index is 607. The van der Waals surface area contributed by atoms with E-state index in [1.165, 1.54) is 94.7 Å². The topological polar surface area (TPSA) is 21.6 Å². The fraction of sp³-hybridized carbons (Fsp3) is 0.741. The molecule has 3 rings (SSSR count). The minimum absolute atomic E-state index is 0.151. The van der Waals surface area contributed by atoms with Crippen LogP contribution in [0.4, 0.5) is 0 Å². The first kappa shape index (κ1) is 23.6. The first-order valence-electron chi connectivity index (χ1n) is 13.1. The molecule has 0 heterocycles. The Hall–Kier alpha value is -1.09. The highest BCUT2D eigenvalue weighted by Gasteiger charge is 2.31. The maximum atomic E-state index is 6.88. The molecular weight excluding hydrogens is 365 g/mol. The molecule has 1 aromatic carbocycles. The van der Waals surface area contributed by atoms with E-state index in [2.05, 4.69) is 44.2 Å². The lowest BCUT2D eigenvalue weighted by atomic mass is 9.62. The molecule has 2 nitrogen and oxygen atoms in total. The van der Waals surface area contributed by atoms with Crippen LogP contribution in [0.5, 0.6) is 0 Å². The van der Waals surface area contributed by atoms with Crippen molar-refractivity contribution in [2.45, 2.75) is 122 Å². The molecule has 0 spiro atoms. The summed E-state index contributed by atoms with van der Waals surface area (Å²) in [5.74, 6) is 0.438. The van der Waals surface area contributed by atoms with E-state index < -0.39 is 0 Å². The summed E-state index contributed by atoms with van der Waals surface area (Å²) in [5, 5.41) is 0. The average molecular weight is 409 g/mol. The molecule has 2 aliphatic carbocycles. The molecule has 3 heteroatoms. The minimum Gasteiger partial charge on any atom is -0.429 e. The van der Waals surface area contributed by atoms with E-state index in [1.807, 2.05) is 0 Å². The molecule has 0 radical (unpaired) electrons. The van der Waals surface area contributed by atoms with Crippen molar-refractivity contribution in [3.8, 4) is 0 Å². The Balaban J connectivity index is 1.92. The molecule has 30 heavy (non-hydrogen) atoms. The summed E-state index contributed by atoms with van der Waals surface area (Å²) < 4.78 is 6.88. The zero-order chi connectivity index (χ0) is 21.0. The quantitative estimate of drug-likeness (QED) is 0.415. The maximum absolute atomic E-state index is 6.88. The first-order valence-corrected chi connectivity index (χ1v) is 13.1. The van der Waals surface area contributed by atoms with E-state index in [4.69, 9.17) is 9.65 Å². The van der Waals surface area contributed by atoms with E-state index >= 15 is 0 Å². The van der Waals surface area contributed by atoms with Gasteiger partial charge in [-0.15, -0.1) is 0 Å². The van der Waals surface area contributed by atoms with Gasteiger partial charge in [0.1, 0.15) is 0 Å². The van der Waals surface area contributed by atoms with Crippen LogP contribution in [-0.4, -0.2) is 18.7 Å². The Labute approximate surface area is 186 Å². The molecular formula is C27H44BNO. The molecule has 2 aliphatic rings. The van der Waals surface area contributed by atoms with Crippen LogP contribution in [0.15, 0.2) is 35.3 Å². The van der Waals surface area contributed by atoms with Crippen molar-refractivity contribution in [2.75, 3.05) is 0 Å². The van der Waals surface area contributed by atoms with Gasteiger partial charge in [0.2, 0.25) is 0 Å². The second-order valence-electron chi connectivity index (χ2n) is 9.58. The third-order valence-corrected chi connectivity index (χ3v) is 7.29. The van der Waals surface area contributed by atoms with Gasteiger partial charge in [0.05, 0.1) is 6.10 Å². The van der Waals surface area contributed by atoms with Crippen molar-refractivity contribution in [3.05, 3.63) is 35.9 Å². The summed E-state index contributed by atoms with van der Waals surface area (Å²) in [6.07, 6.45) is 19.5. The van der Waals surface area contributed by atoms with Gasteiger partial charge < -0.3 is 4.65 Å². The van der Waals surface area contributed by atoms with Gasteiger partial charge in [0.15, 0.2) is 0 Å². The van der Waals surface area contributed by atoms with Crippen molar-refractivity contribution in [3.63, 3.8) is 0 Å². The summed E-state index contributed by atoms with van der Waals surface area (Å²) in [5.41, 5.74) is 2.84. The summed E-state index contributed by atoms with van der Waals surface area (Å²) in [7, 11) is 0. The van der Waals surface area contributed by atoms with Crippen LogP contribution < -0.4 is 0 Å². The third kappa shape index (κ3) is 7.25. The number of rotatable bonds is 7. The Kier molecular flexibility index (Phi) is 10.5. The molecule has 2 saturated carbocycles. The molecule has 2 unspecified atom stereocenters. The normalized spacial score (nSPS) is 24.5. The van der Waals surface area contributed by atoms with Crippen LogP contribution in [0.3, 0.4) is 0 Å². The van der Waals surface area contributed by atoms with Gasteiger partial charge in [-0.2, -0.15) is 0 Å². The Morgan fingerprint density at radius 1 is 0.833 bits per heavy atom. The molecule has 2 atom stereocenters. The number of nitrogens with zero attached hydrogens (tertiary/aromatic N) is 1. The number of benzene rings is 1. The fourth-order valence-electron chi connectivity index (χ4n) is 5.40. The van der Waals surface area contributed by atoms with Crippen molar-refractivity contribution >= 4 is 12.6 Å². The summed E-state index contributed by atoms with van der Waals surface area (Å²) in [6, 6.07) is 11.6. The highest BCUT2D eigenvalue weighted by Crippen LogP contribution is 2.36. The Morgan fingerprint density at radius 2 is 1.43 bits per heavy atom. The molecule has 0 saturated heterocycles. The van der Waals surface area contributed by atoms with E-state index in [1.54, 1.807) is 0 Å². The van der Waals surface area contributed by atoms with Gasteiger partial charge in [-0.3, -0.25) is 4.99 Å². The maximum Gasteiger partial charge on any atom is 0.293 e. The lowest BCUT2D eigenvalue weighted by Crippen LogP contribution is -2.31. The summed E-state index contributed by atoms with van der Waals surface area (Å²) in [4.78, 5) is 5.49. The number of hydrogen-bond acceptors (Lipinski definition) is 2. The largest absolute Gasteiger partial charge is 0.429 e. The van der Waals surface area contributed by atoms with Gasteiger partial charge in [-0.25, -0.2) is 0 Å². The second kappa shape index (κ2) is 13.4. The van der Waals surface area contributed by atoms with Crippen LogP contribution in [0.1, 0.15) is 109 Å². The standard InChI is InChI=1S/C27H44BNO/c1-3-28(4-2)30-27(23-17-11-9-12-18-23)25-21-15-7-5-6-8-16-22-26(25)29-24-19-13-10-14-20-24/h9,11-12,17-18,24-25,27H,3-8,10,13-16,19-22H2,1-2H3. The van der Waals surface area contributed by atoms with E-state index in [-0.39, 0.29) is 6.10 Å². The van der Waals surface area contributed by atoms with E-state index in [0.29, 0.717) is 18.9 Å². The molecule has 0 bridgehead atoms. The smallest absolute Gasteiger partial charge is 0.293 e. The predicted molar refractivity (Wildman–Crippen MR) is 132 cm³/mol. The zero-order valence-corrected chi connectivity index (χ0v) is 19.7. The van der Waals surface area contributed by atoms with Crippen LogP contribution in [0.25, 0.3) is 0 Å². The second-order valence-corrected chi connectivity index (χ2v) is 9.58. The van der Waals surface area contributed by atoms with Crippen molar-refractivity contribution < 1.29 is 4.65 Å². The first-order chi connectivity index (χ1) is 14.8. The van der Waals surface area contributed by atoms with Crippen LogP contribution in [0.2, 0.25) is 12.6 Å². The lowest BCUT2D eigenvalue weighted by molar-refractivity contribution is 0.156. The van der Waals surface area contributed by atoms with Gasteiger partial charge in [-0.05, 0) is 37.7 Å². The van der Waals surface area contributed by atoms with E-state index in [9.17, 15) is 0 Å². The SMILES string of the molecule is CCB(CC)OC(c1ccccc1)C1CCCCCCCCC1=NC1CCCCC1. The van der Waals surface area contributed by atoms with Crippen molar-refractivity contribution in [1.29, 1.82) is 0 Å². The highest BCUT2D eigenvalue weighted by atomic mass is 16.4. The fourth-order valence-corrected chi connectivity index (χ4v) is 5.40. The minimum atomic E-state index is 0.151. The Morgan fingerprint density at radius 3 is 2.13 bits per heavy atom.